The van der Waals surface area contributed by atoms with Crippen molar-refractivity contribution in [3.8, 4) is 5.75 Å². The van der Waals surface area contributed by atoms with Crippen LogP contribution in [0.15, 0.2) is 12.1 Å². The molecule has 2 unspecified atom stereocenters. The molecule has 21 heavy (non-hydrogen) atoms. The number of piperidine rings is 1. The van der Waals surface area contributed by atoms with Gasteiger partial charge in [-0.05, 0) is 40.5 Å². The summed E-state index contributed by atoms with van der Waals surface area (Å²) in [7, 11) is 0. The predicted octanol–water partition coefficient (Wildman–Crippen LogP) is 3.78. The highest BCUT2D eigenvalue weighted by atomic mass is 19.1. The van der Waals surface area contributed by atoms with Crippen LogP contribution in [0.1, 0.15) is 47.0 Å². The molecule has 118 valence electrons. The average molecular weight is 295 g/mol. The van der Waals surface area contributed by atoms with Crippen molar-refractivity contribution in [3.05, 3.63) is 17.9 Å². The van der Waals surface area contributed by atoms with E-state index in [0.717, 1.165) is 12.8 Å². The Morgan fingerprint density at radius 3 is 2.48 bits per heavy atom. The van der Waals surface area contributed by atoms with Crippen LogP contribution < -0.4 is 15.9 Å². The fraction of sp³-hybridized carbons (Fsp3) is 0.625. The van der Waals surface area contributed by atoms with Crippen LogP contribution in [0, 0.1) is 5.82 Å². The molecule has 0 amide bonds. The van der Waals surface area contributed by atoms with E-state index in [0.29, 0.717) is 23.5 Å². The Balaban J connectivity index is 2.22. The first-order chi connectivity index (χ1) is 9.88. The maximum absolute atomic E-state index is 13.9. The zero-order valence-corrected chi connectivity index (χ0v) is 13.3. The van der Waals surface area contributed by atoms with E-state index in [-0.39, 0.29) is 11.9 Å². The van der Waals surface area contributed by atoms with E-state index in [1.165, 1.54) is 12.5 Å². The van der Waals surface area contributed by atoms with Crippen LogP contribution in [0.3, 0.4) is 0 Å². The quantitative estimate of drug-likeness (QED) is 0.830. The van der Waals surface area contributed by atoms with Gasteiger partial charge in [-0.3, -0.25) is 0 Å². The summed E-state index contributed by atoms with van der Waals surface area (Å²) in [4.78, 5) is 0. The van der Waals surface area contributed by atoms with E-state index in [1.54, 1.807) is 6.07 Å². The molecule has 0 aliphatic carbocycles. The minimum Gasteiger partial charge on any atom is -0.488 e. The van der Waals surface area contributed by atoms with Crippen LogP contribution in [-0.4, -0.2) is 23.2 Å². The third-order valence-electron chi connectivity index (χ3n) is 3.91. The Morgan fingerprint density at radius 2 is 1.90 bits per heavy atom. The monoisotopic (exact) mass is 295 g/mol. The van der Waals surface area contributed by atoms with E-state index in [2.05, 4.69) is 24.3 Å². The van der Waals surface area contributed by atoms with Gasteiger partial charge in [0.25, 0.3) is 0 Å². The lowest BCUT2D eigenvalue weighted by Gasteiger charge is -2.39. The first-order valence-corrected chi connectivity index (χ1v) is 7.69. The number of halogens is 1. The predicted molar refractivity (Wildman–Crippen MR) is 84.8 cm³/mol. The minimum atomic E-state index is -0.425. The highest BCUT2D eigenvalue weighted by Gasteiger charge is 2.25. The number of ether oxygens (including phenoxy) is 1. The standard InChI is InChI=1S/C16H26FN3O/c1-10(2)21-16-9-15(14(18)8-13(16)17)19-20-11(3)6-5-7-12(20)4/h8-12,19H,5-7,18H2,1-4H3. The molecular formula is C16H26FN3O. The van der Waals surface area contributed by atoms with Gasteiger partial charge in [-0.2, -0.15) is 0 Å². The van der Waals surface area contributed by atoms with Crippen LogP contribution in [0.4, 0.5) is 15.8 Å². The molecule has 1 aromatic rings. The second-order valence-corrected chi connectivity index (χ2v) is 6.18. The number of nitrogens with one attached hydrogen (secondary N) is 1. The van der Waals surface area contributed by atoms with Crippen LogP contribution >= 0.6 is 0 Å². The Hall–Kier alpha value is -1.49. The third kappa shape index (κ3) is 3.79. The van der Waals surface area contributed by atoms with Crippen LogP contribution in [0.25, 0.3) is 0 Å². The Kier molecular flexibility index (Phi) is 4.93. The topological polar surface area (TPSA) is 50.5 Å². The molecule has 0 bridgehead atoms. The number of nitrogen functional groups attached to an aromatic ring is 1. The number of benzene rings is 1. The van der Waals surface area contributed by atoms with Gasteiger partial charge in [0.05, 0.1) is 17.5 Å². The van der Waals surface area contributed by atoms with Gasteiger partial charge >= 0.3 is 0 Å². The number of hydrazine groups is 1. The number of rotatable bonds is 4. The lowest BCUT2D eigenvalue weighted by atomic mass is 10.00. The summed E-state index contributed by atoms with van der Waals surface area (Å²) in [6, 6.07) is 3.82. The van der Waals surface area contributed by atoms with Crippen LogP contribution in [-0.2, 0) is 0 Å². The summed E-state index contributed by atoms with van der Waals surface area (Å²) in [5.41, 5.74) is 10.4. The van der Waals surface area contributed by atoms with Crippen molar-refractivity contribution in [1.29, 1.82) is 0 Å². The smallest absolute Gasteiger partial charge is 0.167 e. The number of nitrogens with two attached hydrogens (primary N) is 1. The first kappa shape index (κ1) is 15.9. The van der Waals surface area contributed by atoms with E-state index >= 15 is 0 Å². The molecular weight excluding hydrogens is 269 g/mol. The van der Waals surface area contributed by atoms with Crippen molar-refractivity contribution >= 4 is 11.4 Å². The second-order valence-electron chi connectivity index (χ2n) is 6.18. The van der Waals surface area contributed by atoms with Crippen molar-refractivity contribution in [3.63, 3.8) is 0 Å². The van der Waals surface area contributed by atoms with Crippen molar-refractivity contribution in [2.75, 3.05) is 11.2 Å². The van der Waals surface area contributed by atoms with Gasteiger partial charge in [-0.1, -0.05) is 6.42 Å². The number of anilines is 2. The first-order valence-electron chi connectivity index (χ1n) is 7.69. The van der Waals surface area contributed by atoms with Crippen molar-refractivity contribution in [1.82, 2.24) is 5.01 Å². The Morgan fingerprint density at radius 1 is 1.29 bits per heavy atom. The normalized spacial score (nSPS) is 23.3. The molecule has 5 heteroatoms. The van der Waals surface area contributed by atoms with E-state index in [1.807, 2.05) is 13.8 Å². The molecule has 0 saturated carbocycles. The molecule has 1 heterocycles. The van der Waals surface area contributed by atoms with Gasteiger partial charge in [0.2, 0.25) is 0 Å². The summed E-state index contributed by atoms with van der Waals surface area (Å²) >= 11 is 0. The highest BCUT2D eigenvalue weighted by Crippen LogP contribution is 2.31. The maximum atomic E-state index is 13.9. The Labute approximate surface area is 126 Å². The number of nitrogens with zero attached hydrogens (tertiary/aromatic N) is 1. The van der Waals surface area contributed by atoms with Gasteiger partial charge in [-0.25, -0.2) is 9.40 Å². The van der Waals surface area contributed by atoms with Gasteiger partial charge in [0.15, 0.2) is 11.6 Å². The number of hydrogen-bond donors (Lipinski definition) is 2. The molecule has 1 saturated heterocycles. The number of hydrogen-bond acceptors (Lipinski definition) is 4. The molecule has 2 atom stereocenters. The van der Waals surface area contributed by atoms with E-state index in [4.69, 9.17) is 10.5 Å². The van der Waals surface area contributed by atoms with Crippen LogP contribution in [0.5, 0.6) is 5.75 Å². The molecule has 2 rings (SSSR count). The molecule has 1 fully saturated rings. The summed E-state index contributed by atoms with van der Waals surface area (Å²) in [6.07, 6.45) is 3.45. The zero-order valence-electron chi connectivity index (χ0n) is 13.3. The SMILES string of the molecule is CC(C)Oc1cc(NN2C(C)CCCC2C)c(N)cc1F. The summed E-state index contributed by atoms with van der Waals surface area (Å²) in [5, 5.41) is 2.20. The highest BCUT2D eigenvalue weighted by molar-refractivity contribution is 5.68. The molecule has 0 aromatic heterocycles. The average Bonchev–Trinajstić information content (AvgIpc) is 2.38. The molecule has 0 spiro atoms. The van der Waals surface area contributed by atoms with Gasteiger partial charge in [0, 0.05) is 24.2 Å². The van der Waals surface area contributed by atoms with Crippen molar-refractivity contribution < 1.29 is 9.13 Å². The lowest BCUT2D eigenvalue weighted by molar-refractivity contribution is 0.135. The lowest BCUT2D eigenvalue weighted by Crippen LogP contribution is -2.47. The fourth-order valence-electron chi connectivity index (χ4n) is 2.79. The van der Waals surface area contributed by atoms with Gasteiger partial charge in [-0.15, -0.1) is 0 Å². The molecule has 3 N–H and O–H groups in total. The molecule has 1 aliphatic heterocycles. The van der Waals surface area contributed by atoms with Crippen molar-refractivity contribution in [2.24, 2.45) is 0 Å². The summed E-state index contributed by atoms with van der Waals surface area (Å²) < 4.78 is 19.4. The molecule has 4 nitrogen and oxygen atoms in total. The second kappa shape index (κ2) is 6.52. The fourth-order valence-corrected chi connectivity index (χ4v) is 2.79. The summed E-state index contributed by atoms with van der Waals surface area (Å²) in [5.74, 6) is -0.189. The molecule has 1 aromatic carbocycles. The van der Waals surface area contributed by atoms with Gasteiger partial charge < -0.3 is 15.9 Å². The third-order valence-corrected chi connectivity index (χ3v) is 3.91. The van der Waals surface area contributed by atoms with Crippen molar-refractivity contribution in [2.45, 2.75) is 65.1 Å². The Bertz CT molecular complexity index is 483. The largest absolute Gasteiger partial charge is 0.488 e. The molecule has 0 radical (unpaired) electrons. The zero-order chi connectivity index (χ0) is 15.6. The minimum absolute atomic E-state index is 0.0798. The van der Waals surface area contributed by atoms with Crippen LogP contribution in [0.2, 0.25) is 0 Å². The van der Waals surface area contributed by atoms with E-state index in [9.17, 15) is 4.39 Å². The van der Waals surface area contributed by atoms with Gasteiger partial charge in [0.1, 0.15) is 0 Å². The summed E-state index contributed by atoms with van der Waals surface area (Å²) in [6.45, 7) is 8.12. The van der Waals surface area contributed by atoms with E-state index < -0.39 is 5.82 Å². The molecule has 1 aliphatic rings. The maximum Gasteiger partial charge on any atom is 0.167 e.